The van der Waals surface area contributed by atoms with Crippen molar-refractivity contribution in [3.63, 3.8) is 0 Å². The zero-order valence-corrected chi connectivity index (χ0v) is 11.4. The van der Waals surface area contributed by atoms with Crippen LogP contribution in [0.1, 0.15) is 32.1 Å². The Kier molecular flexibility index (Phi) is 4.89. The van der Waals surface area contributed by atoms with E-state index < -0.39 is 11.3 Å². The van der Waals surface area contributed by atoms with E-state index in [1.807, 2.05) is 0 Å². The number of rotatable bonds is 4. The van der Waals surface area contributed by atoms with Gasteiger partial charge >= 0.3 is 5.97 Å². The molecule has 8 heteroatoms. The molecule has 1 unspecified atom stereocenters. The third-order valence-electron chi connectivity index (χ3n) is 3.49. The summed E-state index contributed by atoms with van der Waals surface area (Å²) in [6.07, 6.45) is 2.81. The highest BCUT2D eigenvalue weighted by Crippen LogP contribution is 2.22. The third-order valence-corrected chi connectivity index (χ3v) is 4.30. The van der Waals surface area contributed by atoms with Crippen LogP contribution < -0.4 is 0 Å². The molecule has 2 heterocycles. The fourth-order valence-corrected chi connectivity index (χ4v) is 2.91. The molecule has 1 N–H and O–H groups in total. The summed E-state index contributed by atoms with van der Waals surface area (Å²) in [5, 5.41) is 1.14. The molecule has 0 radical (unpaired) electrons. The molecule has 0 aliphatic carbocycles. The molecule has 0 saturated carbocycles. The molecule has 19 heavy (non-hydrogen) atoms. The number of carbonyl (C=O) groups excluding carboxylic acids is 2. The lowest BCUT2D eigenvalue weighted by Gasteiger charge is -2.28. The summed E-state index contributed by atoms with van der Waals surface area (Å²) in [6, 6.07) is 0. The predicted molar refractivity (Wildman–Crippen MR) is 66.7 cm³/mol. The summed E-state index contributed by atoms with van der Waals surface area (Å²) >= 11 is -1.92. The van der Waals surface area contributed by atoms with Crippen LogP contribution in [0, 0.1) is 5.92 Å². The second-order valence-corrected chi connectivity index (χ2v) is 5.85. The van der Waals surface area contributed by atoms with E-state index in [1.54, 1.807) is 0 Å². The Labute approximate surface area is 114 Å². The number of hydrogen-bond donors (Lipinski definition) is 1. The first kappa shape index (κ1) is 14.4. The van der Waals surface area contributed by atoms with Crippen molar-refractivity contribution in [2.24, 2.45) is 5.92 Å². The summed E-state index contributed by atoms with van der Waals surface area (Å²) in [5.41, 5.74) is 0. The molecular weight excluding hydrogens is 272 g/mol. The highest BCUT2D eigenvalue weighted by atomic mass is 32.2. The number of hydroxylamine groups is 2. The van der Waals surface area contributed by atoms with Crippen molar-refractivity contribution >= 4 is 23.1 Å². The van der Waals surface area contributed by atoms with Gasteiger partial charge in [0.15, 0.2) is 0 Å². The normalized spacial score (nSPS) is 23.6. The maximum Gasteiger partial charge on any atom is 0.332 e. The second kappa shape index (κ2) is 6.44. The zero-order chi connectivity index (χ0) is 13.8. The van der Waals surface area contributed by atoms with Crippen molar-refractivity contribution in [2.75, 3.05) is 19.6 Å². The van der Waals surface area contributed by atoms with Gasteiger partial charge in [-0.15, -0.1) is 0 Å². The molecule has 2 aliphatic rings. The molecule has 1 atom stereocenters. The van der Waals surface area contributed by atoms with E-state index in [4.69, 9.17) is 9.39 Å². The van der Waals surface area contributed by atoms with Crippen molar-refractivity contribution in [1.29, 1.82) is 0 Å². The molecule has 0 aromatic heterocycles. The maximum atomic E-state index is 11.7. The van der Waals surface area contributed by atoms with Crippen LogP contribution in [-0.2, 0) is 25.7 Å². The minimum absolute atomic E-state index is 0.140. The highest BCUT2D eigenvalue weighted by molar-refractivity contribution is 7.76. The second-order valence-electron chi connectivity index (χ2n) is 4.87. The monoisotopic (exact) mass is 290 g/mol. The summed E-state index contributed by atoms with van der Waals surface area (Å²) in [6.45, 7) is 1.49. The van der Waals surface area contributed by atoms with Gasteiger partial charge in [0, 0.05) is 19.5 Å². The minimum Gasteiger partial charge on any atom is -0.338 e. The molecule has 7 nitrogen and oxygen atoms in total. The average Bonchev–Trinajstić information content (AvgIpc) is 2.75. The van der Waals surface area contributed by atoms with Crippen LogP contribution in [0.5, 0.6) is 0 Å². The largest absolute Gasteiger partial charge is 0.338 e. The van der Waals surface area contributed by atoms with Gasteiger partial charge in [0.25, 0.3) is 5.91 Å². The lowest BCUT2D eigenvalue weighted by Crippen LogP contribution is -2.36. The quantitative estimate of drug-likeness (QED) is 0.753. The lowest BCUT2D eigenvalue weighted by molar-refractivity contribution is -0.193. The summed E-state index contributed by atoms with van der Waals surface area (Å²) in [7, 11) is 0. The van der Waals surface area contributed by atoms with Crippen LogP contribution in [0.3, 0.4) is 0 Å². The van der Waals surface area contributed by atoms with Gasteiger partial charge in [0.2, 0.25) is 11.3 Å². The molecule has 108 valence electrons. The number of piperidine rings is 1. The van der Waals surface area contributed by atoms with Gasteiger partial charge in [-0.25, -0.2) is 13.3 Å². The first-order valence-corrected chi connectivity index (χ1v) is 7.49. The van der Waals surface area contributed by atoms with Gasteiger partial charge in [-0.2, -0.15) is 5.06 Å². The van der Waals surface area contributed by atoms with E-state index >= 15 is 0 Å². The molecule has 0 bridgehead atoms. The van der Waals surface area contributed by atoms with E-state index in [0.29, 0.717) is 38.9 Å². The molecule has 1 amide bonds. The van der Waals surface area contributed by atoms with Crippen molar-refractivity contribution in [2.45, 2.75) is 32.1 Å². The summed E-state index contributed by atoms with van der Waals surface area (Å²) in [5.74, 6) is -0.373. The number of hydrogen-bond acceptors (Lipinski definition) is 4. The smallest absolute Gasteiger partial charge is 0.332 e. The first-order chi connectivity index (χ1) is 9.06. The van der Waals surface area contributed by atoms with Crippen LogP contribution >= 0.6 is 0 Å². The fourth-order valence-electron chi connectivity index (χ4n) is 2.39. The molecule has 2 saturated heterocycles. The standard InChI is InChI=1S/C11H18N2O5S/c14-10-2-1-5-13(10)18-11(15)8-9-3-6-12(7-4-9)19(16)17/h9H,1-8H2,(H,16,17). The molecule has 0 spiro atoms. The Morgan fingerprint density at radius 1 is 1.37 bits per heavy atom. The Hall–Kier alpha value is -0.990. The number of amides is 1. The number of carbonyl (C=O) groups is 2. The number of nitrogens with zero attached hydrogens (tertiary/aromatic N) is 2. The van der Waals surface area contributed by atoms with Crippen molar-refractivity contribution in [1.82, 2.24) is 9.37 Å². The van der Waals surface area contributed by atoms with Gasteiger partial charge in [0.05, 0.1) is 13.0 Å². The van der Waals surface area contributed by atoms with Crippen LogP contribution in [0.25, 0.3) is 0 Å². The molecule has 2 aliphatic heterocycles. The Morgan fingerprint density at radius 3 is 2.58 bits per heavy atom. The van der Waals surface area contributed by atoms with E-state index in [1.165, 1.54) is 4.31 Å². The van der Waals surface area contributed by atoms with E-state index in [-0.39, 0.29) is 24.2 Å². The van der Waals surface area contributed by atoms with Gasteiger partial charge < -0.3 is 4.84 Å². The fraction of sp³-hybridized carbons (Fsp3) is 0.818. The lowest BCUT2D eigenvalue weighted by atomic mass is 9.95. The molecule has 2 rings (SSSR count). The minimum atomic E-state index is -1.92. The molecular formula is C11H18N2O5S. The van der Waals surface area contributed by atoms with E-state index in [9.17, 15) is 13.8 Å². The Morgan fingerprint density at radius 2 is 2.05 bits per heavy atom. The SMILES string of the molecule is O=C(CC1CCN(S(=O)O)CC1)ON1CCCC1=O. The van der Waals surface area contributed by atoms with Gasteiger partial charge in [-0.3, -0.25) is 9.35 Å². The van der Waals surface area contributed by atoms with Gasteiger partial charge in [-0.1, -0.05) is 0 Å². The van der Waals surface area contributed by atoms with Crippen LogP contribution in [0.2, 0.25) is 0 Å². The van der Waals surface area contributed by atoms with E-state index in [0.717, 1.165) is 11.5 Å². The predicted octanol–water partition coefficient (Wildman–Crippen LogP) is 0.306. The molecule has 0 aromatic rings. The summed E-state index contributed by atoms with van der Waals surface area (Å²) in [4.78, 5) is 28.0. The Bertz CT molecular complexity index is 381. The zero-order valence-electron chi connectivity index (χ0n) is 10.6. The Balaban J connectivity index is 1.71. The van der Waals surface area contributed by atoms with Crippen molar-refractivity contribution in [3.05, 3.63) is 0 Å². The highest BCUT2D eigenvalue weighted by Gasteiger charge is 2.28. The maximum absolute atomic E-state index is 11.7. The van der Waals surface area contributed by atoms with Gasteiger partial charge in [-0.05, 0) is 25.2 Å². The average molecular weight is 290 g/mol. The van der Waals surface area contributed by atoms with Gasteiger partial charge in [0.1, 0.15) is 0 Å². The van der Waals surface area contributed by atoms with E-state index in [2.05, 4.69) is 0 Å². The molecule has 2 fully saturated rings. The van der Waals surface area contributed by atoms with Crippen LogP contribution in [-0.4, -0.2) is 49.6 Å². The molecule has 0 aromatic carbocycles. The summed E-state index contributed by atoms with van der Waals surface area (Å²) < 4.78 is 21.2. The van der Waals surface area contributed by atoms with Crippen LogP contribution in [0.4, 0.5) is 0 Å². The topological polar surface area (TPSA) is 87.2 Å². The van der Waals surface area contributed by atoms with Crippen molar-refractivity contribution < 1.29 is 23.2 Å². The van der Waals surface area contributed by atoms with Crippen molar-refractivity contribution in [3.8, 4) is 0 Å². The first-order valence-electron chi connectivity index (χ1n) is 6.43. The van der Waals surface area contributed by atoms with Crippen LogP contribution in [0.15, 0.2) is 0 Å². The third kappa shape index (κ3) is 3.99.